The van der Waals surface area contributed by atoms with Gasteiger partial charge in [-0.2, -0.15) is 11.3 Å². The van der Waals surface area contributed by atoms with Crippen LogP contribution in [0.5, 0.6) is 0 Å². The Balaban J connectivity index is 2.46. The number of aliphatic carboxylic acids is 1. The number of methoxy groups -OCH3 is 1. The Morgan fingerprint density at radius 1 is 1.47 bits per heavy atom. The van der Waals surface area contributed by atoms with Gasteiger partial charge in [0.1, 0.15) is 6.04 Å². The molecule has 1 rings (SSSR count). The number of thiophene rings is 1. The first-order valence-electron chi connectivity index (χ1n) is 5.63. The number of carboxylic acids is 1. The Hall–Kier alpha value is -1.89. The number of rotatable bonds is 7. The third kappa shape index (κ3) is 5.52. The summed E-state index contributed by atoms with van der Waals surface area (Å²) in [5, 5.41) is 15.0. The topological polar surface area (TPSA) is 92.7 Å². The predicted octanol–water partition coefficient (Wildman–Crippen LogP) is 0.813. The molecule has 104 valence electrons. The molecular formula is C12H15NO5S. The van der Waals surface area contributed by atoms with Crippen molar-refractivity contribution in [1.29, 1.82) is 0 Å². The van der Waals surface area contributed by atoms with Crippen LogP contribution in [0.3, 0.4) is 0 Å². The Kier molecular flexibility index (Phi) is 6.01. The van der Waals surface area contributed by atoms with Crippen molar-refractivity contribution < 1.29 is 24.2 Å². The Bertz CT molecular complexity index is 443. The molecule has 0 bridgehead atoms. The van der Waals surface area contributed by atoms with Gasteiger partial charge in [0.15, 0.2) is 0 Å². The lowest BCUT2D eigenvalue weighted by Gasteiger charge is -2.13. The van der Waals surface area contributed by atoms with Gasteiger partial charge in [0.25, 0.3) is 0 Å². The number of esters is 1. The first-order chi connectivity index (χ1) is 9.02. The molecule has 0 saturated carbocycles. The van der Waals surface area contributed by atoms with Gasteiger partial charge >= 0.3 is 11.9 Å². The average molecular weight is 285 g/mol. The smallest absolute Gasteiger partial charge is 0.326 e. The van der Waals surface area contributed by atoms with Crippen LogP contribution < -0.4 is 5.32 Å². The zero-order chi connectivity index (χ0) is 14.3. The lowest BCUT2D eigenvalue weighted by molar-refractivity contribution is -0.144. The van der Waals surface area contributed by atoms with Crippen LogP contribution in [0, 0.1) is 0 Å². The van der Waals surface area contributed by atoms with Crippen molar-refractivity contribution in [2.45, 2.75) is 25.3 Å². The van der Waals surface area contributed by atoms with Gasteiger partial charge in [-0.1, -0.05) is 0 Å². The van der Waals surface area contributed by atoms with Gasteiger partial charge in [0.05, 0.1) is 13.5 Å². The van der Waals surface area contributed by atoms with E-state index >= 15 is 0 Å². The van der Waals surface area contributed by atoms with E-state index in [0.717, 1.165) is 5.56 Å². The van der Waals surface area contributed by atoms with Crippen molar-refractivity contribution in [2.24, 2.45) is 0 Å². The largest absolute Gasteiger partial charge is 0.480 e. The summed E-state index contributed by atoms with van der Waals surface area (Å²) in [6.45, 7) is 0. The summed E-state index contributed by atoms with van der Waals surface area (Å²) in [5.41, 5.74) is 0.833. The molecule has 1 amide bonds. The van der Waals surface area contributed by atoms with Gasteiger partial charge in [-0.25, -0.2) is 4.79 Å². The second-order valence-corrected chi connectivity index (χ2v) is 4.66. The number of hydrogen-bond donors (Lipinski definition) is 2. The fourth-order valence-electron chi connectivity index (χ4n) is 1.45. The van der Waals surface area contributed by atoms with Crippen LogP contribution >= 0.6 is 11.3 Å². The Labute approximate surface area is 114 Å². The van der Waals surface area contributed by atoms with E-state index in [4.69, 9.17) is 5.11 Å². The number of nitrogens with one attached hydrogen (secondary N) is 1. The van der Waals surface area contributed by atoms with Crippen molar-refractivity contribution in [2.75, 3.05) is 7.11 Å². The molecule has 1 aromatic heterocycles. The SMILES string of the molecule is COC(=O)CC[C@H](NC(=O)Cc1ccsc1)C(=O)O. The third-order valence-electron chi connectivity index (χ3n) is 2.44. The summed E-state index contributed by atoms with van der Waals surface area (Å²) in [6, 6.07) is 0.722. The van der Waals surface area contributed by atoms with Crippen LogP contribution in [-0.2, 0) is 25.5 Å². The fraction of sp³-hybridized carbons (Fsp3) is 0.417. The van der Waals surface area contributed by atoms with Crippen LogP contribution in [0.4, 0.5) is 0 Å². The van der Waals surface area contributed by atoms with E-state index in [1.807, 2.05) is 10.8 Å². The molecule has 7 heteroatoms. The monoisotopic (exact) mass is 285 g/mol. The van der Waals surface area contributed by atoms with E-state index in [0.29, 0.717) is 0 Å². The fourth-order valence-corrected chi connectivity index (χ4v) is 2.11. The summed E-state index contributed by atoms with van der Waals surface area (Å²) >= 11 is 1.47. The standard InChI is InChI=1S/C12H15NO5S/c1-18-11(15)3-2-9(12(16)17)13-10(14)6-8-4-5-19-7-8/h4-5,7,9H,2-3,6H2,1H3,(H,13,14)(H,16,17)/t9-/m0/s1. The zero-order valence-electron chi connectivity index (χ0n) is 10.4. The molecule has 0 aliphatic carbocycles. The van der Waals surface area contributed by atoms with Gasteiger partial charge in [0.2, 0.25) is 5.91 Å². The highest BCUT2D eigenvalue weighted by Gasteiger charge is 2.21. The molecule has 1 heterocycles. The predicted molar refractivity (Wildman–Crippen MR) is 68.8 cm³/mol. The Morgan fingerprint density at radius 2 is 2.21 bits per heavy atom. The number of hydrogen-bond acceptors (Lipinski definition) is 5. The Morgan fingerprint density at radius 3 is 2.74 bits per heavy atom. The lowest BCUT2D eigenvalue weighted by Crippen LogP contribution is -2.41. The normalized spacial score (nSPS) is 11.6. The van der Waals surface area contributed by atoms with E-state index in [1.165, 1.54) is 18.4 Å². The average Bonchev–Trinajstić information content (AvgIpc) is 2.86. The van der Waals surface area contributed by atoms with Crippen LogP contribution in [0.25, 0.3) is 0 Å². The summed E-state index contributed by atoms with van der Waals surface area (Å²) in [4.78, 5) is 33.6. The maximum atomic E-state index is 11.7. The van der Waals surface area contributed by atoms with Crippen LogP contribution in [0.15, 0.2) is 16.8 Å². The van der Waals surface area contributed by atoms with E-state index in [2.05, 4.69) is 10.1 Å². The van der Waals surface area contributed by atoms with Gasteiger partial charge in [0, 0.05) is 6.42 Å². The molecule has 1 aromatic rings. The van der Waals surface area contributed by atoms with E-state index < -0.39 is 18.0 Å². The first kappa shape index (κ1) is 15.2. The third-order valence-corrected chi connectivity index (χ3v) is 3.17. The molecule has 0 unspecified atom stereocenters. The molecule has 0 aromatic carbocycles. The van der Waals surface area contributed by atoms with Crippen molar-refractivity contribution in [3.8, 4) is 0 Å². The summed E-state index contributed by atoms with van der Waals surface area (Å²) < 4.78 is 4.43. The number of carbonyl (C=O) groups is 3. The zero-order valence-corrected chi connectivity index (χ0v) is 11.2. The van der Waals surface area contributed by atoms with E-state index in [9.17, 15) is 14.4 Å². The molecule has 6 nitrogen and oxygen atoms in total. The summed E-state index contributed by atoms with van der Waals surface area (Å²) in [6.07, 6.45) is 0.0923. The van der Waals surface area contributed by atoms with E-state index in [1.54, 1.807) is 6.07 Å². The van der Waals surface area contributed by atoms with Gasteiger partial charge < -0.3 is 15.2 Å². The van der Waals surface area contributed by atoms with Crippen LogP contribution in [0.1, 0.15) is 18.4 Å². The molecular weight excluding hydrogens is 270 g/mol. The molecule has 0 saturated heterocycles. The molecule has 0 aliphatic heterocycles. The first-order valence-corrected chi connectivity index (χ1v) is 6.57. The quantitative estimate of drug-likeness (QED) is 0.723. The number of carbonyl (C=O) groups excluding carboxylic acids is 2. The number of amides is 1. The molecule has 0 spiro atoms. The maximum Gasteiger partial charge on any atom is 0.326 e. The number of carboxylic acid groups (broad SMARTS) is 1. The highest BCUT2D eigenvalue weighted by molar-refractivity contribution is 7.07. The van der Waals surface area contributed by atoms with Crippen molar-refractivity contribution in [3.05, 3.63) is 22.4 Å². The second-order valence-electron chi connectivity index (χ2n) is 3.88. The molecule has 0 radical (unpaired) electrons. The molecule has 19 heavy (non-hydrogen) atoms. The molecule has 0 fully saturated rings. The van der Waals surface area contributed by atoms with Crippen LogP contribution in [-0.4, -0.2) is 36.1 Å². The number of ether oxygens (including phenoxy) is 1. The van der Waals surface area contributed by atoms with Crippen molar-refractivity contribution >= 4 is 29.2 Å². The highest BCUT2D eigenvalue weighted by atomic mass is 32.1. The lowest BCUT2D eigenvalue weighted by atomic mass is 10.1. The highest BCUT2D eigenvalue weighted by Crippen LogP contribution is 2.07. The van der Waals surface area contributed by atoms with Crippen molar-refractivity contribution in [1.82, 2.24) is 5.32 Å². The van der Waals surface area contributed by atoms with Crippen LogP contribution in [0.2, 0.25) is 0 Å². The summed E-state index contributed by atoms with van der Waals surface area (Å²) in [5.74, 6) is -2.04. The molecule has 0 aliphatic rings. The van der Waals surface area contributed by atoms with Gasteiger partial charge in [-0.3, -0.25) is 9.59 Å². The van der Waals surface area contributed by atoms with Gasteiger partial charge in [-0.05, 0) is 28.8 Å². The molecule has 2 N–H and O–H groups in total. The minimum absolute atomic E-state index is 0.0113. The minimum atomic E-state index is -1.16. The van der Waals surface area contributed by atoms with Gasteiger partial charge in [-0.15, -0.1) is 0 Å². The second kappa shape index (κ2) is 7.52. The van der Waals surface area contributed by atoms with Crippen molar-refractivity contribution in [3.63, 3.8) is 0 Å². The molecule has 1 atom stereocenters. The summed E-state index contributed by atoms with van der Waals surface area (Å²) in [7, 11) is 1.23. The van der Waals surface area contributed by atoms with E-state index in [-0.39, 0.29) is 25.2 Å². The minimum Gasteiger partial charge on any atom is -0.480 e. The maximum absolute atomic E-state index is 11.7.